The molecule has 1 heterocycles. The first-order valence-corrected chi connectivity index (χ1v) is 8.67. The summed E-state index contributed by atoms with van der Waals surface area (Å²) in [7, 11) is 1.28. The molecular weight excluding hydrogens is 340 g/mol. The van der Waals surface area contributed by atoms with E-state index in [2.05, 4.69) is 10.3 Å². The van der Waals surface area contributed by atoms with Crippen LogP contribution >= 0.6 is 11.3 Å². The van der Waals surface area contributed by atoms with Gasteiger partial charge in [0.2, 0.25) is 0 Å². The standard InChI is InChI=1S/C18H22N2O4S/c1-11-15(25-10-19-11)13-8-6-12(7-9-13)14(16(21)23-5)20-17(22)24-18(2,3)4/h6-10,14H,1-5H3,(H,20,22). The topological polar surface area (TPSA) is 77.5 Å². The van der Waals surface area contributed by atoms with Crippen LogP contribution in [0.2, 0.25) is 0 Å². The minimum atomic E-state index is -0.934. The monoisotopic (exact) mass is 362 g/mol. The molecule has 1 amide bonds. The number of alkyl carbamates (subject to hydrolysis) is 1. The largest absolute Gasteiger partial charge is 0.467 e. The van der Waals surface area contributed by atoms with Gasteiger partial charge >= 0.3 is 12.1 Å². The molecule has 1 unspecified atom stereocenters. The Kier molecular flexibility index (Phi) is 5.79. The summed E-state index contributed by atoms with van der Waals surface area (Å²) in [5.74, 6) is -0.562. The molecule has 0 aliphatic carbocycles. The van der Waals surface area contributed by atoms with Gasteiger partial charge in [0.25, 0.3) is 0 Å². The van der Waals surface area contributed by atoms with E-state index in [0.29, 0.717) is 5.56 Å². The fraction of sp³-hybridized carbons (Fsp3) is 0.389. The average molecular weight is 362 g/mol. The average Bonchev–Trinajstić information content (AvgIpc) is 2.96. The molecule has 0 saturated heterocycles. The third-order valence-electron chi connectivity index (χ3n) is 3.35. The Morgan fingerprint density at radius 3 is 2.32 bits per heavy atom. The number of hydrogen-bond donors (Lipinski definition) is 1. The zero-order chi connectivity index (χ0) is 18.6. The summed E-state index contributed by atoms with van der Waals surface area (Å²) in [6.45, 7) is 7.21. The van der Waals surface area contributed by atoms with Gasteiger partial charge in [0, 0.05) is 0 Å². The summed E-state index contributed by atoms with van der Waals surface area (Å²) in [6.07, 6.45) is -0.676. The van der Waals surface area contributed by atoms with E-state index in [9.17, 15) is 9.59 Å². The molecule has 25 heavy (non-hydrogen) atoms. The van der Waals surface area contributed by atoms with Gasteiger partial charge in [0.15, 0.2) is 6.04 Å². The van der Waals surface area contributed by atoms with Crippen LogP contribution in [0.4, 0.5) is 4.79 Å². The minimum absolute atomic E-state index is 0.562. The van der Waals surface area contributed by atoms with Crippen LogP contribution < -0.4 is 5.32 Å². The third kappa shape index (κ3) is 5.03. The molecule has 0 saturated carbocycles. The molecule has 1 N–H and O–H groups in total. The molecule has 2 rings (SSSR count). The fourth-order valence-electron chi connectivity index (χ4n) is 2.23. The van der Waals surface area contributed by atoms with Crippen LogP contribution in [0.5, 0.6) is 0 Å². The van der Waals surface area contributed by atoms with Gasteiger partial charge in [-0.1, -0.05) is 24.3 Å². The number of nitrogens with one attached hydrogen (secondary N) is 1. The Labute approximate surface area is 151 Å². The van der Waals surface area contributed by atoms with Gasteiger partial charge in [0.1, 0.15) is 5.60 Å². The summed E-state index contributed by atoms with van der Waals surface area (Å²) in [5, 5.41) is 2.56. The third-order valence-corrected chi connectivity index (χ3v) is 4.33. The minimum Gasteiger partial charge on any atom is -0.467 e. The maximum Gasteiger partial charge on any atom is 0.408 e. The van der Waals surface area contributed by atoms with E-state index < -0.39 is 23.7 Å². The Balaban J connectivity index is 2.22. The van der Waals surface area contributed by atoms with Crippen molar-refractivity contribution >= 4 is 23.4 Å². The van der Waals surface area contributed by atoms with Crippen molar-refractivity contribution in [1.29, 1.82) is 0 Å². The fourth-order valence-corrected chi connectivity index (χ4v) is 3.04. The van der Waals surface area contributed by atoms with Gasteiger partial charge in [0.05, 0.1) is 23.2 Å². The normalized spacial score (nSPS) is 12.4. The summed E-state index contributed by atoms with van der Waals surface area (Å²) in [6, 6.07) is 6.42. The smallest absolute Gasteiger partial charge is 0.408 e. The van der Waals surface area contributed by atoms with Crippen molar-refractivity contribution in [3.63, 3.8) is 0 Å². The highest BCUT2D eigenvalue weighted by molar-refractivity contribution is 7.13. The number of carbonyl (C=O) groups excluding carboxylic acids is 2. The zero-order valence-electron chi connectivity index (χ0n) is 15.0. The van der Waals surface area contributed by atoms with E-state index >= 15 is 0 Å². The molecule has 7 heteroatoms. The number of thiazole rings is 1. The number of aryl methyl sites for hydroxylation is 1. The van der Waals surface area contributed by atoms with Crippen molar-refractivity contribution in [3.05, 3.63) is 41.0 Å². The molecule has 0 bridgehead atoms. The number of esters is 1. The predicted octanol–water partition coefficient (Wildman–Crippen LogP) is 3.86. The highest BCUT2D eigenvalue weighted by Gasteiger charge is 2.26. The second-order valence-electron chi connectivity index (χ2n) is 6.49. The number of nitrogens with zero attached hydrogens (tertiary/aromatic N) is 1. The highest BCUT2D eigenvalue weighted by Crippen LogP contribution is 2.28. The van der Waals surface area contributed by atoms with Crippen molar-refractivity contribution in [2.45, 2.75) is 39.3 Å². The number of carbonyl (C=O) groups is 2. The predicted molar refractivity (Wildman–Crippen MR) is 96.4 cm³/mol. The van der Waals surface area contributed by atoms with Crippen molar-refractivity contribution < 1.29 is 19.1 Å². The van der Waals surface area contributed by atoms with Crippen LogP contribution in [0, 0.1) is 6.92 Å². The Morgan fingerprint density at radius 2 is 1.84 bits per heavy atom. The Bertz CT molecular complexity index is 747. The molecule has 2 aromatic rings. The molecule has 0 aliphatic rings. The molecular formula is C18H22N2O4S. The second kappa shape index (κ2) is 7.65. The van der Waals surface area contributed by atoms with Gasteiger partial charge in [-0.3, -0.25) is 0 Å². The van der Waals surface area contributed by atoms with Crippen LogP contribution in [-0.4, -0.2) is 29.8 Å². The summed E-state index contributed by atoms with van der Waals surface area (Å²) >= 11 is 1.55. The van der Waals surface area contributed by atoms with E-state index in [1.165, 1.54) is 7.11 Å². The number of amides is 1. The number of aromatic nitrogens is 1. The lowest BCUT2D eigenvalue weighted by atomic mass is 10.0. The maximum absolute atomic E-state index is 12.1. The summed E-state index contributed by atoms with van der Waals surface area (Å²) < 4.78 is 10.0. The second-order valence-corrected chi connectivity index (χ2v) is 7.35. The van der Waals surface area contributed by atoms with Crippen LogP contribution in [0.25, 0.3) is 10.4 Å². The quantitative estimate of drug-likeness (QED) is 0.836. The molecule has 0 spiro atoms. The summed E-state index contributed by atoms with van der Waals surface area (Å²) in [5.41, 5.74) is 3.71. The first-order chi connectivity index (χ1) is 11.7. The van der Waals surface area contributed by atoms with Gasteiger partial charge in [-0.25, -0.2) is 14.6 Å². The number of ether oxygens (including phenoxy) is 2. The number of methoxy groups -OCH3 is 1. The molecule has 1 aromatic carbocycles. The lowest BCUT2D eigenvalue weighted by molar-refractivity contribution is -0.143. The number of hydrogen-bond acceptors (Lipinski definition) is 6. The Morgan fingerprint density at radius 1 is 1.20 bits per heavy atom. The highest BCUT2D eigenvalue weighted by atomic mass is 32.1. The van der Waals surface area contributed by atoms with Crippen molar-refractivity contribution in [2.24, 2.45) is 0 Å². The number of benzene rings is 1. The molecule has 6 nitrogen and oxygen atoms in total. The molecule has 1 atom stereocenters. The van der Waals surface area contributed by atoms with Gasteiger partial charge in [-0.15, -0.1) is 11.3 Å². The molecule has 0 radical (unpaired) electrons. The van der Waals surface area contributed by atoms with Crippen LogP contribution in [-0.2, 0) is 14.3 Å². The van der Waals surface area contributed by atoms with Crippen LogP contribution in [0.3, 0.4) is 0 Å². The molecule has 0 fully saturated rings. The van der Waals surface area contributed by atoms with E-state index in [4.69, 9.17) is 9.47 Å². The van der Waals surface area contributed by atoms with Gasteiger partial charge in [-0.05, 0) is 38.8 Å². The van der Waals surface area contributed by atoms with E-state index in [0.717, 1.165) is 16.1 Å². The first kappa shape index (κ1) is 18.9. The molecule has 1 aromatic heterocycles. The zero-order valence-corrected chi connectivity index (χ0v) is 15.8. The van der Waals surface area contributed by atoms with Gasteiger partial charge < -0.3 is 14.8 Å². The van der Waals surface area contributed by atoms with E-state index in [1.807, 2.05) is 19.1 Å². The van der Waals surface area contributed by atoms with Crippen LogP contribution in [0.1, 0.15) is 38.1 Å². The lowest BCUT2D eigenvalue weighted by Crippen LogP contribution is -2.38. The SMILES string of the molecule is COC(=O)C(NC(=O)OC(C)(C)C)c1ccc(-c2scnc2C)cc1. The maximum atomic E-state index is 12.1. The van der Waals surface area contributed by atoms with Crippen molar-refractivity contribution in [2.75, 3.05) is 7.11 Å². The molecule has 0 aliphatic heterocycles. The summed E-state index contributed by atoms with van der Waals surface area (Å²) in [4.78, 5) is 29.4. The van der Waals surface area contributed by atoms with Gasteiger partial charge in [-0.2, -0.15) is 0 Å². The first-order valence-electron chi connectivity index (χ1n) is 7.79. The number of rotatable bonds is 4. The van der Waals surface area contributed by atoms with Crippen LogP contribution in [0.15, 0.2) is 29.8 Å². The van der Waals surface area contributed by atoms with Crippen molar-refractivity contribution in [3.8, 4) is 10.4 Å². The van der Waals surface area contributed by atoms with Crippen molar-refractivity contribution in [1.82, 2.24) is 10.3 Å². The Hall–Kier alpha value is -2.41. The molecule has 134 valence electrons. The van der Waals surface area contributed by atoms with E-state index in [-0.39, 0.29) is 0 Å². The van der Waals surface area contributed by atoms with E-state index in [1.54, 1.807) is 49.8 Å². The lowest BCUT2D eigenvalue weighted by Gasteiger charge is -2.22.